The van der Waals surface area contributed by atoms with E-state index in [0.717, 1.165) is 28.3 Å². The lowest BCUT2D eigenvalue weighted by Gasteiger charge is -2.31. The smallest absolute Gasteiger partial charge is 0.325 e. The second-order valence-electron chi connectivity index (χ2n) is 18.2. The van der Waals surface area contributed by atoms with Gasteiger partial charge in [-0.05, 0) is 75.3 Å². The average molecular weight is 1020 g/mol. The monoisotopic (exact) mass is 1020 g/mol. The Balaban J connectivity index is 1.47. The van der Waals surface area contributed by atoms with Crippen molar-refractivity contribution < 1.29 is 68.4 Å². The van der Waals surface area contributed by atoms with E-state index in [1.165, 1.54) is 38.1 Å². The van der Waals surface area contributed by atoms with E-state index in [-0.39, 0.29) is 38.0 Å². The number of phenols is 1. The fraction of sp³-hybridized carbons (Fsp3) is 0.500. The Bertz CT molecular complexity index is 2480. The maximum absolute atomic E-state index is 14.2. The zero-order chi connectivity index (χ0) is 54.3. The standard InChI is InChI=1S/C48H67N11O14/c1-6-23(2)38(45(69)52-24(3)40(64)53-25(4)48(72)73)57-43(67)35(22-60)56-44(68)36-12-9-17-59(36)47(71)34(20-37(50)63)55-46(70)39(26(5)61)58-42(66)33(18-27-13-15-29(62)16-14-27)54-41(65)31(49)19-28-21-51-32-11-8-7-10-30(28)32/h7-8,10-11,13-16,21,23-26,31,33-36,38-39,51,60-62H,6,9,12,17-20,22,49H2,1-5H3,(H2,50,63)(H,52,69)(H,53,64)(H,54,65)(H,55,70)(H,56,68)(H,57,67)(H,58,66)(H,72,73)/t23-,24-,25-,26+,31-,33-,34-,35-,36-,38-,39-/m0/s1. The number of nitrogens with one attached hydrogen (secondary N) is 8. The number of fused-ring (bicyclic) bond motifs is 1. The van der Waals surface area contributed by atoms with Crippen LogP contribution in [0.4, 0.5) is 0 Å². The van der Waals surface area contributed by atoms with Crippen LogP contribution in [0.1, 0.15) is 71.4 Å². The molecule has 2 heterocycles. The summed E-state index contributed by atoms with van der Waals surface area (Å²) < 4.78 is 0. The van der Waals surface area contributed by atoms with Gasteiger partial charge in [-0.3, -0.25) is 47.9 Å². The first kappa shape index (κ1) is 57.9. The number of hydrogen-bond acceptors (Lipinski definition) is 14. The molecule has 3 aromatic rings. The molecule has 11 atom stereocenters. The van der Waals surface area contributed by atoms with Crippen LogP contribution in [0, 0.1) is 5.92 Å². The van der Waals surface area contributed by atoms with Crippen LogP contribution in [0.2, 0.25) is 0 Å². The quantitative estimate of drug-likeness (QED) is 0.0376. The van der Waals surface area contributed by atoms with Gasteiger partial charge in [0.2, 0.25) is 53.2 Å². The van der Waals surface area contributed by atoms with Gasteiger partial charge in [-0.1, -0.05) is 50.6 Å². The number of amides is 9. The van der Waals surface area contributed by atoms with Crippen LogP contribution >= 0.6 is 0 Å². The van der Waals surface area contributed by atoms with Gasteiger partial charge in [0.1, 0.15) is 54.1 Å². The molecular formula is C48H67N11O14. The van der Waals surface area contributed by atoms with Gasteiger partial charge in [0.15, 0.2) is 0 Å². The van der Waals surface area contributed by atoms with Gasteiger partial charge in [-0.25, -0.2) is 0 Å². The van der Waals surface area contributed by atoms with Crippen LogP contribution in [0.25, 0.3) is 10.9 Å². The third-order valence-corrected chi connectivity index (χ3v) is 12.5. The summed E-state index contributed by atoms with van der Waals surface area (Å²) in [7, 11) is 0. The van der Waals surface area contributed by atoms with Crippen molar-refractivity contribution in [2.45, 2.75) is 134 Å². The largest absolute Gasteiger partial charge is 0.508 e. The number of phenolic OH excluding ortho intramolecular Hbond substituents is 1. The molecule has 398 valence electrons. The molecule has 0 radical (unpaired) electrons. The molecule has 1 saturated heterocycles. The van der Waals surface area contributed by atoms with Crippen LogP contribution in [0.3, 0.4) is 0 Å². The Labute approximate surface area is 420 Å². The maximum Gasteiger partial charge on any atom is 0.325 e. The van der Waals surface area contributed by atoms with Gasteiger partial charge < -0.3 is 79.0 Å². The van der Waals surface area contributed by atoms with Crippen molar-refractivity contribution in [3.63, 3.8) is 0 Å². The molecule has 2 aromatic carbocycles. The highest BCUT2D eigenvalue weighted by Gasteiger charge is 2.41. The van der Waals surface area contributed by atoms with Crippen molar-refractivity contribution in [1.82, 2.24) is 47.1 Å². The van der Waals surface area contributed by atoms with Crippen LogP contribution in [-0.2, 0) is 60.8 Å². The van der Waals surface area contributed by atoms with Crippen molar-refractivity contribution >= 4 is 70.0 Å². The predicted molar refractivity (Wildman–Crippen MR) is 261 cm³/mol. The number of nitrogens with zero attached hydrogens (tertiary/aromatic N) is 1. The number of aliphatic carboxylic acids is 1. The number of primary amides is 1. The Morgan fingerprint density at radius 2 is 1.33 bits per heavy atom. The average Bonchev–Trinajstić information content (AvgIpc) is 4.01. The Morgan fingerprint density at radius 1 is 0.726 bits per heavy atom. The number of para-hydroxylation sites is 1. The molecule has 25 heteroatoms. The predicted octanol–water partition coefficient (Wildman–Crippen LogP) is -3.21. The molecule has 9 amide bonds. The number of aromatic amines is 1. The zero-order valence-electron chi connectivity index (χ0n) is 41.2. The van der Waals surface area contributed by atoms with Gasteiger partial charge in [0.25, 0.3) is 0 Å². The third-order valence-electron chi connectivity index (χ3n) is 12.5. The minimum Gasteiger partial charge on any atom is -0.508 e. The molecule has 1 aliphatic rings. The first-order chi connectivity index (χ1) is 34.4. The number of H-pyrrole nitrogens is 1. The molecular weight excluding hydrogens is 955 g/mol. The van der Waals surface area contributed by atoms with Crippen molar-refractivity contribution in [1.29, 1.82) is 0 Å². The SMILES string of the molecule is CC[C@H](C)[C@H](NC(=O)[C@H](CO)NC(=O)[C@@H]1CCCN1C(=O)[C@H](CC(N)=O)NC(=O)[C@@H](NC(=O)[C@H](Cc1ccc(O)cc1)NC(=O)[C@@H](N)Cc1c[nH]c2ccccc12)[C@@H](C)O)C(=O)N[C@@H](C)C(=O)N[C@@H](C)C(=O)O. The normalized spacial score (nSPS) is 17.4. The molecule has 0 bridgehead atoms. The lowest BCUT2D eigenvalue weighted by molar-refractivity contribution is -0.144. The van der Waals surface area contributed by atoms with Crippen LogP contribution in [0.15, 0.2) is 54.7 Å². The fourth-order valence-electron chi connectivity index (χ4n) is 8.00. The highest BCUT2D eigenvalue weighted by molar-refractivity contribution is 5.99. The molecule has 1 aliphatic heterocycles. The van der Waals surface area contributed by atoms with E-state index in [9.17, 15) is 63.3 Å². The summed E-state index contributed by atoms with van der Waals surface area (Å²) in [6, 6.07) is 0.227. The number of hydrogen-bond donors (Lipinski definition) is 14. The van der Waals surface area contributed by atoms with Gasteiger partial charge >= 0.3 is 5.97 Å². The summed E-state index contributed by atoms with van der Waals surface area (Å²) in [4.78, 5) is 136. The van der Waals surface area contributed by atoms with E-state index in [1.54, 1.807) is 20.0 Å². The molecule has 73 heavy (non-hydrogen) atoms. The number of carboxylic acids is 1. The number of aromatic nitrogens is 1. The lowest BCUT2D eigenvalue weighted by atomic mass is 9.97. The van der Waals surface area contributed by atoms with E-state index < -0.39 is 139 Å². The maximum atomic E-state index is 14.2. The third kappa shape index (κ3) is 16.2. The Hall–Kier alpha value is -7.64. The zero-order valence-corrected chi connectivity index (χ0v) is 41.2. The lowest BCUT2D eigenvalue weighted by Crippen LogP contribution is -2.62. The second-order valence-corrected chi connectivity index (χ2v) is 18.2. The Kier molecular flexibility index (Phi) is 21.2. The first-order valence-corrected chi connectivity index (χ1v) is 23.8. The summed E-state index contributed by atoms with van der Waals surface area (Å²) in [6.07, 6.45) is -0.214. The van der Waals surface area contributed by atoms with Crippen LogP contribution in [0.5, 0.6) is 5.75 Å². The summed E-state index contributed by atoms with van der Waals surface area (Å²) in [6.45, 7) is 5.99. The number of carboxylic acid groups (broad SMARTS) is 1. The van der Waals surface area contributed by atoms with Gasteiger partial charge in [-0.2, -0.15) is 0 Å². The van der Waals surface area contributed by atoms with Crippen molar-refractivity contribution in [3.05, 3.63) is 65.9 Å². The number of likely N-dealkylation sites (tertiary alicyclic amines) is 1. The summed E-state index contributed by atoms with van der Waals surface area (Å²) in [5.74, 6) is -10.4. The minimum atomic E-state index is -1.81. The number of benzene rings is 2. The van der Waals surface area contributed by atoms with E-state index in [4.69, 9.17) is 16.6 Å². The van der Waals surface area contributed by atoms with E-state index in [2.05, 4.69) is 42.2 Å². The topological polar surface area (TPSA) is 407 Å². The minimum absolute atomic E-state index is 0.0266. The molecule has 25 nitrogen and oxygen atoms in total. The molecule has 4 rings (SSSR count). The van der Waals surface area contributed by atoms with E-state index >= 15 is 0 Å². The second kappa shape index (κ2) is 26.7. The highest BCUT2D eigenvalue weighted by Crippen LogP contribution is 2.21. The molecule has 0 aliphatic carbocycles. The molecule has 0 saturated carbocycles. The van der Waals surface area contributed by atoms with Crippen LogP contribution in [-0.4, -0.2) is 163 Å². The number of aliphatic hydroxyl groups excluding tert-OH is 2. The van der Waals surface area contributed by atoms with Crippen molar-refractivity contribution in [3.8, 4) is 5.75 Å². The summed E-state index contributed by atoms with van der Waals surface area (Å²) >= 11 is 0. The molecule has 1 fully saturated rings. The summed E-state index contributed by atoms with van der Waals surface area (Å²) in [5, 5.41) is 57.7. The number of rotatable bonds is 26. The van der Waals surface area contributed by atoms with Gasteiger partial charge in [0, 0.05) is 30.1 Å². The van der Waals surface area contributed by atoms with Gasteiger partial charge in [-0.15, -0.1) is 0 Å². The molecule has 0 unspecified atom stereocenters. The fourth-order valence-corrected chi connectivity index (χ4v) is 8.00. The number of aromatic hydroxyl groups is 1. The number of carbonyl (C=O) groups is 10. The van der Waals surface area contributed by atoms with Crippen molar-refractivity contribution in [2.75, 3.05) is 13.2 Å². The van der Waals surface area contributed by atoms with E-state index in [1.807, 2.05) is 24.3 Å². The van der Waals surface area contributed by atoms with Crippen LogP contribution < -0.4 is 48.7 Å². The molecule has 16 N–H and O–H groups in total. The Morgan fingerprint density at radius 3 is 1.95 bits per heavy atom. The number of carbonyl (C=O) groups excluding carboxylic acids is 9. The van der Waals surface area contributed by atoms with Gasteiger partial charge in [0.05, 0.1) is 25.2 Å². The number of aliphatic hydroxyl groups is 2. The number of nitrogens with two attached hydrogens (primary N) is 2. The molecule has 1 aromatic heterocycles. The highest BCUT2D eigenvalue weighted by atomic mass is 16.4. The molecule has 0 spiro atoms. The first-order valence-electron chi connectivity index (χ1n) is 23.8. The summed E-state index contributed by atoms with van der Waals surface area (Å²) in [5.41, 5.74) is 13.9. The van der Waals surface area contributed by atoms with Crippen molar-refractivity contribution in [2.24, 2.45) is 17.4 Å². The van der Waals surface area contributed by atoms with E-state index in [0.29, 0.717) is 12.0 Å².